The Bertz CT molecular complexity index is 1340. The maximum absolute atomic E-state index is 13.5. The number of nitrogens with zero attached hydrogens (tertiary/aromatic N) is 5. The van der Waals surface area contributed by atoms with Gasteiger partial charge in [-0.3, -0.25) is 14.3 Å². The van der Waals surface area contributed by atoms with E-state index in [9.17, 15) is 4.79 Å². The van der Waals surface area contributed by atoms with Crippen LogP contribution in [0.5, 0.6) is 0 Å². The van der Waals surface area contributed by atoms with Gasteiger partial charge >= 0.3 is 0 Å². The molecule has 32 heavy (non-hydrogen) atoms. The standard InChI is InChI=1S/C23H24ClN7O/c1-14-11-27-13-20(29-14)15-5-6-17(19(24)10-15)18-9-16-12-28-23(26)30-21(16)31(22(18)32)8-4-2-3-7-25/h5-6,9-13H,2-4,7-8,25H2,1H3,(H2,26,28,30). The van der Waals surface area contributed by atoms with Crippen LogP contribution in [-0.4, -0.2) is 31.0 Å². The largest absolute Gasteiger partial charge is 0.368 e. The van der Waals surface area contributed by atoms with Crippen molar-refractivity contribution in [2.45, 2.75) is 32.7 Å². The van der Waals surface area contributed by atoms with Crippen LogP contribution in [0.3, 0.4) is 0 Å². The number of fused-ring (bicyclic) bond motifs is 1. The van der Waals surface area contributed by atoms with Gasteiger partial charge in [-0.25, -0.2) is 9.97 Å². The molecule has 3 heterocycles. The Balaban J connectivity index is 1.81. The van der Waals surface area contributed by atoms with Gasteiger partial charge in [-0.05, 0) is 38.4 Å². The number of aromatic nitrogens is 5. The molecule has 0 amide bonds. The Labute approximate surface area is 190 Å². The Morgan fingerprint density at radius 3 is 2.62 bits per heavy atom. The van der Waals surface area contributed by atoms with Crippen LogP contribution in [0.25, 0.3) is 33.4 Å². The van der Waals surface area contributed by atoms with E-state index in [0.29, 0.717) is 34.9 Å². The lowest BCUT2D eigenvalue weighted by atomic mass is 10.0. The first-order valence-corrected chi connectivity index (χ1v) is 10.8. The fourth-order valence-corrected chi connectivity index (χ4v) is 3.94. The Hall–Kier alpha value is -3.36. The molecule has 0 aliphatic heterocycles. The molecule has 0 aliphatic carbocycles. The highest BCUT2D eigenvalue weighted by molar-refractivity contribution is 6.33. The molecule has 4 rings (SSSR count). The number of aryl methyl sites for hydroxylation is 2. The van der Waals surface area contributed by atoms with Crippen LogP contribution >= 0.6 is 11.6 Å². The van der Waals surface area contributed by atoms with Gasteiger partial charge in [-0.15, -0.1) is 0 Å². The maximum Gasteiger partial charge on any atom is 0.260 e. The van der Waals surface area contributed by atoms with Crippen molar-refractivity contribution >= 4 is 28.6 Å². The Kier molecular flexibility index (Phi) is 6.43. The van der Waals surface area contributed by atoms with E-state index < -0.39 is 0 Å². The number of anilines is 1. The van der Waals surface area contributed by atoms with Gasteiger partial charge in [0.2, 0.25) is 5.95 Å². The molecule has 0 atom stereocenters. The van der Waals surface area contributed by atoms with E-state index in [2.05, 4.69) is 19.9 Å². The van der Waals surface area contributed by atoms with Gasteiger partial charge in [0, 0.05) is 46.0 Å². The lowest BCUT2D eigenvalue weighted by Crippen LogP contribution is -2.23. The van der Waals surface area contributed by atoms with Crippen molar-refractivity contribution in [3.05, 3.63) is 63.9 Å². The smallest absolute Gasteiger partial charge is 0.260 e. The number of unbranched alkanes of at least 4 members (excludes halogenated alkanes) is 2. The van der Waals surface area contributed by atoms with E-state index in [4.69, 9.17) is 23.1 Å². The molecule has 0 bridgehead atoms. The molecule has 0 spiro atoms. The minimum atomic E-state index is -0.173. The molecular weight excluding hydrogens is 426 g/mol. The first-order valence-electron chi connectivity index (χ1n) is 10.4. The molecule has 4 aromatic rings. The van der Waals surface area contributed by atoms with Gasteiger partial charge in [0.1, 0.15) is 5.65 Å². The van der Waals surface area contributed by atoms with Gasteiger partial charge in [-0.2, -0.15) is 4.98 Å². The lowest BCUT2D eigenvalue weighted by molar-refractivity contribution is 0.589. The summed E-state index contributed by atoms with van der Waals surface area (Å²) in [6.45, 7) is 3.01. The summed E-state index contributed by atoms with van der Waals surface area (Å²) in [6, 6.07) is 7.29. The summed E-state index contributed by atoms with van der Waals surface area (Å²) in [4.78, 5) is 30.6. The van der Waals surface area contributed by atoms with Crippen molar-refractivity contribution in [2.75, 3.05) is 12.3 Å². The number of nitrogen functional groups attached to an aromatic ring is 1. The topological polar surface area (TPSA) is 126 Å². The molecule has 164 valence electrons. The Morgan fingerprint density at radius 2 is 1.88 bits per heavy atom. The quantitative estimate of drug-likeness (QED) is 0.413. The molecule has 0 saturated carbocycles. The number of pyridine rings is 1. The molecule has 0 fully saturated rings. The molecule has 9 heteroatoms. The summed E-state index contributed by atoms with van der Waals surface area (Å²) >= 11 is 6.64. The zero-order chi connectivity index (χ0) is 22.7. The van der Waals surface area contributed by atoms with Crippen molar-refractivity contribution in [3.63, 3.8) is 0 Å². The van der Waals surface area contributed by atoms with E-state index in [1.54, 1.807) is 35.3 Å². The van der Waals surface area contributed by atoms with E-state index in [1.165, 1.54) is 0 Å². The third kappa shape index (κ3) is 4.46. The van der Waals surface area contributed by atoms with Crippen LogP contribution in [0.4, 0.5) is 5.95 Å². The lowest BCUT2D eigenvalue weighted by Gasteiger charge is -2.14. The first kappa shape index (κ1) is 21.9. The van der Waals surface area contributed by atoms with Crippen molar-refractivity contribution in [1.29, 1.82) is 0 Å². The van der Waals surface area contributed by atoms with Crippen LogP contribution in [0.15, 0.2) is 47.7 Å². The summed E-state index contributed by atoms with van der Waals surface area (Å²) in [5, 5.41) is 1.17. The summed E-state index contributed by atoms with van der Waals surface area (Å²) in [6.07, 6.45) is 7.63. The van der Waals surface area contributed by atoms with Gasteiger partial charge in [0.25, 0.3) is 5.56 Å². The predicted octanol–water partition coefficient (Wildman–Crippen LogP) is 3.59. The number of benzene rings is 1. The van der Waals surface area contributed by atoms with Crippen molar-refractivity contribution < 1.29 is 0 Å². The highest BCUT2D eigenvalue weighted by Gasteiger charge is 2.16. The normalized spacial score (nSPS) is 11.2. The molecule has 3 aromatic heterocycles. The van der Waals surface area contributed by atoms with Crippen LogP contribution in [0.2, 0.25) is 5.02 Å². The molecule has 8 nitrogen and oxygen atoms in total. The van der Waals surface area contributed by atoms with E-state index in [-0.39, 0.29) is 11.5 Å². The fourth-order valence-electron chi connectivity index (χ4n) is 3.66. The summed E-state index contributed by atoms with van der Waals surface area (Å²) in [5.74, 6) is 0.127. The summed E-state index contributed by atoms with van der Waals surface area (Å²) in [5.41, 5.74) is 15.2. The molecule has 1 aromatic carbocycles. The number of hydrogen-bond donors (Lipinski definition) is 2. The predicted molar refractivity (Wildman–Crippen MR) is 127 cm³/mol. The second-order valence-corrected chi connectivity index (χ2v) is 8.02. The number of nitrogens with two attached hydrogens (primary N) is 2. The van der Waals surface area contributed by atoms with Gasteiger partial charge in [-0.1, -0.05) is 30.2 Å². The zero-order valence-corrected chi connectivity index (χ0v) is 18.5. The minimum Gasteiger partial charge on any atom is -0.368 e. The van der Waals surface area contributed by atoms with Gasteiger partial charge in [0.05, 0.1) is 17.6 Å². The van der Waals surface area contributed by atoms with Crippen LogP contribution in [-0.2, 0) is 6.54 Å². The number of rotatable bonds is 7. The third-order valence-corrected chi connectivity index (χ3v) is 5.55. The number of hydrogen-bond acceptors (Lipinski definition) is 7. The summed E-state index contributed by atoms with van der Waals surface area (Å²) in [7, 11) is 0. The second kappa shape index (κ2) is 9.42. The molecule has 0 unspecified atom stereocenters. The van der Waals surface area contributed by atoms with Crippen LogP contribution < -0.4 is 17.0 Å². The van der Waals surface area contributed by atoms with Gasteiger partial charge in [0.15, 0.2) is 0 Å². The highest BCUT2D eigenvalue weighted by atomic mass is 35.5. The SMILES string of the molecule is Cc1cncc(-c2ccc(-c3cc4cnc(N)nc4n(CCCCCN)c3=O)c(Cl)c2)n1. The van der Waals surface area contributed by atoms with Crippen LogP contribution in [0.1, 0.15) is 25.0 Å². The molecule has 0 aliphatic rings. The summed E-state index contributed by atoms with van der Waals surface area (Å²) < 4.78 is 1.65. The molecule has 0 radical (unpaired) electrons. The Morgan fingerprint density at radius 1 is 1.03 bits per heavy atom. The van der Waals surface area contributed by atoms with Crippen molar-refractivity contribution in [3.8, 4) is 22.4 Å². The van der Waals surface area contributed by atoms with Crippen molar-refractivity contribution in [2.24, 2.45) is 5.73 Å². The number of halogens is 1. The highest BCUT2D eigenvalue weighted by Crippen LogP contribution is 2.31. The molecular formula is C23H24ClN7O. The average Bonchev–Trinajstić information content (AvgIpc) is 2.78. The minimum absolute atomic E-state index is 0.127. The van der Waals surface area contributed by atoms with E-state index in [1.807, 2.05) is 19.1 Å². The fraction of sp³-hybridized carbons (Fsp3) is 0.261. The van der Waals surface area contributed by atoms with E-state index in [0.717, 1.165) is 41.6 Å². The third-order valence-electron chi connectivity index (χ3n) is 5.24. The van der Waals surface area contributed by atoms with Crippen molar-refractivity contribution in [1.82, 2.24) is 24.5 Å². The molecule has 4 N–H and O–H groups in total. The first-order chi connectivity index (χ1) is 15.5. The van der Waals surface area contributed by atoms with Gasteiger partial charge < -0.3 is 11.5 Å². The maximum atomic E-state index is 13.5. The zero-order valence-electron chi connectivity index (χ0n) is 17.8. The average molecular weight is 450 g/mol. The monoisotopic (exact) mass is 449 g/mol. The van der Waals surface area contributed by atoms with E-state index >= 15 is 0 Å². The second-order valence-electron chi connectivity index (χ2n) is 7.61. The van der Waals surface area contributed by atoms with Crippen LogP contribution in [0, 0.1) is 6.92 Å². The molecule has 0 saturated heterocycles.